The Bertz CT molecular complexity index is 438. The zero-order valence-corrected chi connectivity index (χ0v) is 11.6. The molecule has 2 rings (SSSR count). The molecular weight excluding hydrogens is 265 g/mol. The van der Waals surface area contributed by atoms with Gasteiger partial charge in [0.05, 0.1) is 0 Å². The molecule has 0 heterocycles. The lowest BCUT2D eigenvalue weighted by molar-refractivity contribution is 0.326. The van der Waals surface area contributed by atoms with E-state index in [2.05, 4.69) is 10.3 Å². The van der Waals surface area contributed by atoms with Gasteiger partial charge in [0.2, 0.25) is 0 Å². The molecule has 3 N–H and O–H groups in total. The van der Waals surface area contributed by atoms with Gasteiger partial charge in [0, 0.05) is 23.7 Å². The number of rotatable bonds is 5. The Morgan fingerprint density at radius 2 is 2.26 bits per heavy atom. The molecule has 0 bridgehead atoms. The third-order valence-electron chi connectivity index (χ3n) is 3.49. The third-order valence-corrected chi connectivity index (χ3v) is 3.84. The van der Waals surface area contributed by atoms with Gasteiger partial charge < -0.3 is 11.1 Å². The molecule has 0 amide bonds. The molecule has 1 aromatic carbocycles. The van der Waals surface area contributed by atoms with Crippen molar-refractivity contribution in [2.75, 3.05) is 13.1 Å². The van der Waals surface area contributed by atoms with E-state index in [-0.39, 0.29) is 5.82 Å². The Labute approximate surface area is 118 Å². The van der Waals surface area contributed by atoms with Crippen LogP contribution in [0.1, 0.15) is 24.8 Å². The normalized spacial score (nSPS) is 16.2. The molecule has 0 unspecified atom stereocenters. The summed E-state index contributed by atoms with van der Waals surface area (Å²) < 4.78 is 13.5. The molecule has 1 aliphatic carbocycles. The van der Waals surface area contributed by atoms with Crippen molar-refractivity contribution < 1.29 is 4.39 Å². The standard InChI is InChI=1S/C14H19ClFN3/c15-12-5-2-6-13(16)11(12)7-8-18-14(17)19-9-10-3-1-4-10/h2,5-6,10H,1,3-4,7-9H2,(H3,17,18,19). The summed E-state index contributed by atoms with van der Waals surface area (Å²) in [6, 6.07) is 4.70. The van der Waals surface area contributed by atoms with E-state index in [1.807, 2.05) is 0 Å². The molecule has 0 saturated heterocycles. The second-order valence-corrected chi connectivity index (χ2v) is 5.31. The van der Waals surface area contributed by atoms with Crippen LogP contribution in [0.25, 0.3) is 0 Å². The van der Waals surface area contributed by atoms with Crippen molar-refractivity contribution in [3.8, 4) is 0 Å². The van der Waals surface area contributed by atoms with Gasteiger partial charge in [-0.1, -0.05) is 24.1 Å². The Kier molecular flexibility index (Phi) is 5.02. The van der Waals surface area contributed by atoms with Crippen LogP contribution in [0, 0.1) is 11.7 Å². The van der Waals surface area contributed by atoms with Crippen LogP contribution in [-0.2, 0) is 6.42 Å². The van der Waals surface area contributed by atoms with Crippen LogP contribution < -0.4 is 11.1 Å². The molecule has 1 fully saturated rings. The van der Waals surface area contributed by atoms with E-state index in [9.17, 15) is 4.39 Å². The lowest BCUT2D eigenvalue weighted by Gasteiger charge is -2.23. The summed E-state index contributed by atoms with van der Waals surface area (Å²) in [4.78, 5) is 4.28. The maximum Gasteiger partial charge on any atom is 0.188 e. The van der Waals surface area contributed by atoms with Crippen LogP contribution in [0.5, 0.6) is 0 Å². The lowest BCUT2D eigenvalue weighted by atomic mass is 9.86. The number of nitrogens with one attached hydrogen (secondary N) is 1. The fourth-order valence-corrected chi connectivity index (χ4v) is 2.30. The van der Waals surface area contributed by atoms with E-state index in [0.717, 1.165) is 6.54 Å². The second-order valence-electron chi connectivity index (χ2n) is 4.90. The summed E-state index contributed by atoms with van der Waals surface area (Å²) in [6.45, 7) is 1.32. The SMILES string of the molecule is NC(=NCC1CCC1)NCCc1c(F)cccc1Cl. The average molecular weight is 284 g/mol. The van der Waals surface area contributed by atoms with E-state index >= 15 is 0 Å². The van der Waals surface area contributed by atoms with Gasteiger partial charge in [-0.15, -0.1) is 0 Å². The number of aliphatic imine (C=N–C) groups is 1. The lowest BCUT2D eigenvalue weighted by Crippen LogP contribution is -2.34. The highest BCUT2D eigenvalue weighted by atomic mass is 35.5. The molecule has 1 aliphatic rings. The molecular formula is C14H19ClFN3. The maximum atomic E-state index is 13.5. The van der Waals surface area contributed by atoms with Crippen LogP contribution in [0.15, 0.2) is 23.2 Å². The second kappa shape index (κ2) is 6.75. The summed E-state index contributed by atoms with van der Waals surface area (Å²) >= 11 is 5.94. The van der Waals surface area contributed by atoms with E-state index < -0.39 is 0 Å². The van der Waals surface area contributed by atoms with Gasteiger partial charge in [-0.2, -0.15) is 0 Å². The Morgan fingerprint density at radius 3 is 2.89 bits per heavy atom. The van der Waals surface area contributed by atoms with Crippen molar-refractivity contribution >= 4 is 17.6 Å². The van der Waals surface area contributed by atoms with Crippen LogP contribution in [0.4, 0.5) is 4.39 Å². The number of nitrogens with two attached hydrogens (primary N) is 1. The minimum Gasteiger partial charge on any atom is -0.370 e. The van der Waals surface area contributed by atoms with Gasteiger partial charge in [0.25, 0.3) is 0 Å². The molecule has 0 radical (unpaired) electrons. The number of hydrogen-bond acceptors (Lipinski definition) is 1. The van der Waals surface area contributed by atoms with Crippen molar-refractivity contribution in [1.82, 2.24) is 5.32 Å². The molecule has 1 aromatic rings. The Morgan fingerprint density at radius 1 is 1.47 bits per heavy atom. The molecule has 0 aromatic heterocycles. The third kappa shape index (κ3) is 4.10. The zero-order valence-electron chi connectivity index (χ0n) is 10.8. The first-order chi connectivity index (χ1) is 9.16. The molecule has 0 aliphatic heterocycles. The molecule has 3 nitrogen and oxygen atoms in total. The van der Waals surface area contributed by atoms with Gasteiger partial charge in [-0.25, -0.2) is 4.39 Å². The fraction of sp³-hybridized carbons (Fsp3) is 0.500. The van der Waals surface area contributed by atoms with Crippen molar-refractivity contribution in [1.29, 1.82) is 0 Å². The predicted molar refractivity (Wildman–Crippen MR) is 76.9 cm³/mol. The first-order valence-corrected chi connectivity index (χ1v) is 7.01. The molecule has 0 spiro atoms. The van der Waals surface area contributed by atoms with Gasteiger partial charge in [0.1, 0.15) is 5.82 Å². The van der Waals surface area contributed by atoms with Crippen molar-refractivity contribution in [3.63, 3.8) is 0 Å². The van der Waals surface area contributed by atoms with Crippen molar-refractivity contribution in [2.45, 2.75) is 25.7 Å². The van der Waals surface area contributed by atoms with Gasteiger partial charge in [-0.3, -0.25) is 4.99 Å². The first kappa shape index (κ1) is 14.1. The number of guanidine groups is 1. The molecule has 0 atom stereocenters. The maximum absolute atomic E-state index is 13.5. The topological polar surface area (TPSA) is 50.4 Å². The van der Waals surface area contributed by atoms with Crippen LogP contribution in [0.3, 0.4) is 0 Å². The predicted octanol–water partition coefficient (Wildman–Crippen LogP) is 2.73. The molecule has 5 heteroatoms. The average Bonchev–Trinajstić information content (AvgIpc) is 2.31. The summed E-state index contributed by atoms with van der Waals surface area (Å²) in [5.74, 6) is 0.847. The van der Waals surface area contributed by atoms with Crippen LogP contribution in [-0.4, -0.2) is 19.0 Å². The smallest absolute Gasteiger partial charge is 0.188 e. The van der Waals surface area contributed by atoms with Gasteiger partial charge >= 0.3 is 0 Å². The highest BCUT2D eigenvalue weighted by molar-refractivity contribution is 6.31. The van der Waals surface area contributed by atoms with E-state index in [0.29, 0.717) is 35.4 Å². The highest BCUT2D eigenvalue weighted by Gasteiger charge is 2.16. The van der Waals surface area contributed by atoms with Crippen LogP contribution >= 0.6 is 11.6 Å². The largest absolute Gasteiger partial charge is 0.370 e. The zero-order chi connectivity index (χ0) is 13.7. The van der Waals surface area contributed by atoms with Gasteiger partial charge in [-0.05, 0) is 37.3 Å². The number of nitrogens with zero attached hydrogens (tertiary/aromatic N) is 1. The monoisotopic (exact) mass is 283 g/mol. The van der Waals surface area contributed by atoms with Crippen LogP contribution in [0.2, 0.25) is 5.02 Å². The number of benzene rings is 1. The Hall–Kier alpha value is -1.29. The number of halogens is 2. The van der Waals surface area contributed by atoms with E-state index in [4.69, 9.17) is 17.3 Å². The summed E-state index contributed by atoms with van der Waals surface area (Å²) in [6.07, 6.45) is 4.30. The quantitative estimate of drug-likeness (QED) is 0.645. The molecule has 19 heavy (non-hydrogen) atoms. The first-order valence-electron chi connectivity index (χ1n) is 6.63. The summed E-state index contributed by atoms with van der Waals surface area (Å²) in [5, 5.41) is 3.44. The minimum atomic E-state index is -0.278. The summed E-state index contributed by atoms with van der Waals surface area (Å²) in [7, 11) is 0. The van der Waals surface area contributed by atoms with Crippen molar-refractivity contribution in [2.24, 2.45) is 16.6 Å². The fourth-order valence-electron chi connectivity index (χ4n) is 2.05. The van der Waals surface area contributed by atoms with Crippen molar-refractivity contribution in [3.05, 3.63) is 34.6 Å². The van der Waals surface area contributed by atoms with Gasteiger partial charge in [0.15, 0.2) is 5.96 Å². The molecule has 104 valence electrons. The Balaban J connectivity index is 1.76. The van der Waals surface area contributed by atoms with E-state index in [1.165, 1.54) is 25.3 Å². The minimum absolute atomic E-state index is 0.278. The number of hydrogen-bond donors (Lipinski definition) is 2. The van der Waals surface area contributed by atoms with E-state index in [1.54, 1.807) is 12.1 Å². The highest BCUT2D eigenvalue weighted by Crippen LogP contribution is 2.26. The summed E-state index contributed by atoms with van der Waals surface area (Å²) in [5.41, 5.74) is 6.27. The molecule has 1 saturated carbocycles.